The zero-order valence-corrected chi connectivity index (χ0v) is 86.6. The number of carbonyl (C=O) groups excluding carboxylic acids is 2. The van der Waals surface area contributed by atoms with Crippen LogP contribution in [0.4, 0.5) is 68.2 Å². The van der Waals surface area contributed by atoms with Gasteiger partial charge in [-0.1, -0.05) is 284 Å². The zero-order valence-electron chi connectivity index (χ0n) is 83.6. The van der Waals surface area contributed by atoms with Crippen LogP contribution in [0.5, 0.6) is 23.0 Å². The van der Waals surface area contributed by atoms with Gasteiger partial charge in [-0.15, -0.1) is 20.5 Å². The molecule has 0 bridgehead atoms. The second-order valence-electron chi connectivity index (χ2n) is 35.3. The van der Waals surface area contributed by atoms with E-state index < -0.39 is 0 Å². The van der Waals surface area contributed by atoms with E-state index in [0.29, 0.717) is 111 Å². The summed E-state index contributed by atoms with van der Waals surface area (Å²) in [4.78, 5) is 43.5. The van der Waals surface area contributed by atoms with Crippen LogP contribution in [-0.2, 0) is 29.3 Å². The van der Waals surface area contributed by atoms with Crippen LogP contribution >= 0.6 is 46.4 Å². The molecular weight excluding hydrogens is 1960 g/mol. The van der Waals surface area contributed by atoms with Gasteiger partial charge < -0.3 is 28.7 Å². The summed E-state index contributed by atoms with van der Waals surface area (Å²) in [5, 5.41) is 60.4. The second kappa shape index (κ2) is 46.2. The van der Waals surface area contributed by atoms with E-state index in [9.17, 15) is 9.59 Å². The Hall–Kier alpha value is -17.4. The third-order valence-corrected chi connectivity index (χ3v) is 27.0. The number of azo groups is 4. The van der Waals surface area contributed by atoms with Gasteiger partial charge in [-0.25, -0.2) is 9.36 Å². The minimum atomic E-state index is -0.304. The average Bonchev–Trinajstić information content (AvgIpc) is 1.02. The molecule has 24 nitrogen and oxygen atoms in total. The van der Waals surface area contributed by atoms with Crippen molar-refractivity contribution in [2.24, 2.45) is 40.9 Å². The Labute approximate surface area is 887 Å². The van der Waals surface area contributed by atoms with Gasteiger partial charge in [0.25, 0.3) is 11.8 Å². The Morgan fingerprint density at radius 1 is 0.320 bits per heavy atom. The number of anilines is 4. The Morgan fingerprint density at radius 3 is 0.933 bits per heavy atom. The standard InChI is InChI=1S/C62H52Cl2N8O4.C60H48Cl2N8O4/c1-6-15-40-24-26-42(27-25-40)57-52(41-28-30-46(31-29-41)65-68-59-50-19-10-8-17-44(50)37-51(61(59)75-5)62(73)70(2)55-22-13-11-20-53(55)63)38-72(69-57)48-34-32-47(33-35-48)66-67-58-49-18-9-7-16-43(49)36-45(60(58)74-4)39-76-71(3)56-23-14-12-21-54(56)64;1-38-22-24-40(25-23-38)55-50(39-26-28-44(29-27-39)63-66-57-48-17-9-7-15-42(48)35-49(59(57)73-5)60(71)68(2)53-20-12-10-18-51(53)61)36-70(67-55)46-32-30-45(31-33-46)64-65-56-47-16-8-6-14-41(47)34-43(58(56)72-4)37-74-69(3)54-21-13-11-19-52(54)62/h7-14,16-38H,6,15,39H2,1-5H3;6-36H,37H2,1-5H3. The molecule has 0 saturated carbocycles. The van der Waals surface area contributed by atoms with Crippen LogP contribution in [0.1, 0.15) is 56.3 Å². The molecule has 20 aromatic rings. The molecule has 0 aliphatic heterocycles. The number of benzene rings is 18. The maximum absolute atomic E-state index is 14.1. The number of amides is 2. The molecule has 28 heteroatoms. The number of para-hydroxylation sites is 4. The smallest absolute Gasteiger partial charge is 0.261 e. The van der Waals surface area contributed by atoms with Crippen molar-refractivity contribution in [3.63, 3.8) is 0 Å². The van der Waals surface area contributed by atoms with Crippen LogP contribution in [0.15, 0.2) is 417 Å². The number of rotatable bonds is 32. The van der Waals surface area contributed by atoms with Crippen molar-refractivity contribution in [3.05, 3.63) is 430 Å². The molecule has 744 valence electrons. The number of nitrogens with zero attached hydrogens (tertiary/aromatic N) is 16. The van der Waals surface area contributed by atoms with Gasteiger partial charge >= 0.3 is 0 Å². The molecule has 2 amide bonds. The summed E-state index contributed by atoms with van der Waals surface area (Å²) in [5.41, 5.74) is 20.8. The highest BCUT2D eigenvalue weighted by atomic mass is 35.5. The largest absolute Gasteiger partial charge is 0.494 e. The maximum Gasteiger partial charge on any atom is 0.261 e. The summed E-state index contributed by atoms with van der Waals surface area (Å²) in [5.74, 6) is 1.13. The van der Waals surface area contributed by atoms with E-state index >= 15 is 0 Å². The molecular formula is C122H100Cl4N16O8. The molecule has 18 aromatic carbocycles. The molecule has 0 atom stereocenters. The van der Waals surface area contributed by atoms with Gasteiger partial charge in [-0.05, 0) is 197 Å². The lowest BCUT2D eigenvalue weighted by Gasteiger charge is -2.21. The van der Waals surface area contributed by atoms with Crippen LogP contribution in [0.2, 0.25) is 20.1 Å². The number of methoxy groups -OCH3 is 4. The van der Waals surface area contributed by atoms with Crippen LogP contribution in [-0.4, -0.2) is 88.0 Å². The SMILES string of the molecule is CCCc1ccc(-c2nn(-c3ccc(N=Nc4c(OC)c(CON(C)c5ccccc5Cl)cc5ccccc45)cc3)cc2-c2ccc(N=Nc3c(OC)c(C(=O)N(C)c4ccccc4Cl)cc4ccccc34)cc2)cc1.COc1c(CON(C)c2ccccc2Cl)cc2ccccc2c1N=Nc1ccc(-n2cc(-c3ccc(N=Nc4c(OC)c(C(=O)N(C)c5ccccc5Cl)cc5ccccc45)cc3)c(-c3ccc(C)cc3)n2)cc1. The van der Waals surface area contributed by atoms with Gasteiger partial charge in [-0.3, -0.25) is 29.4 Å². The Bertz CT molecular complexity index is 8520. The first-order valence-corrected chi connectivity index (χ1v) is 49.8. The lowest BCUT2D eigenvalue weighted by Crippen LogP contribution is -2.27. The lowest BCUT2D eigenvalue weighted by molar-refractivity contribution is 0.0982. The fourth-order valence-electron chi connectivity index (χ4n) is 17.9. The molecule has 2 heterocycles. The second-order valence-corrected chi connectivity index (χ2v) is 36.9. The van der Waals surface area contributed by atoms with Crippen molar-refractivity contribution in [2.45, 2.75) is 39.9 Å². The van der Waals surface area contributed by atoms with Gasteiger partial charge in [0.2, 0.25) is 0 Å². The van der Waals surface area contributed by atoms with Gasteiger partial charge in [0.05, 0.1) is 117 Å². The minimum absolute atomic E-state index is 0.205. The van der Waals surface area contributed by atoms with Gasteiger partial charge in [0.1, 0.15) is 47.4 Å². The first-order valence-electron chi connectivity index (χ1n) is 48.3. The van der Waals surface area contributed by atoms with Crippen molar-refractivity contribution in [2.75, 3.05) is 76.6 Å². The summed E-state index contributed by atoms with van der Waals surface area (Å²) < 4.78 is 27.6. The van der Waals surface area contributed by atoms with Gasteiger partial charge in [0.15, 0.2) is 23.0 Å². The lowest BCUT2D eigenvalue weighted by atomic mass is 10.00. The number of aryl methyl sites for hydroxylation is 2. The molecule has 0 spiro atoms. The van der Waals surface area contributed by atoms with Crippen molar-refractivity contribution >= 4 is 170 Å². The van der Waals surface area contributed by atoms with Crippen LogP contribution in [0, 0.1) is 6.92 Å². The number of ether oxygens (including phenoxy) is 4. The summed E-state index contributed by atoms with van der Waals surface area (Å²) in [6.45, 7) is 4.65. The van der Waals surface area contributed by atoms with E-state index in [-0.39, 0.29) is 25.0 Å². The number of hydrogen-bond donors (Lipinski definition) is 0. The third kappa shape index (κ3) is 22.0. The van der Waals surface area contributed by atoms with Crippen LogP contribution in [0.3, 0.4) is 0 Å². The number of fused-ring (bicyclic) bond motifs is 4. The molecule has 0 saturated heterocycles. The monoisotopic (exact) mass is 2060 g/mol. The fraction of sp³-hybridized carbons (Fsp3) is 0.115. The Kier molecular flexibility index (Phi) is 31.2. The highest BCUT2D eigenvalue weighted by Crippen LogP contribution is 2.49. The van der Waals surface area contributed by atoms with Crippen LogP contribution in [0.25, 0.3) is 99.2 Å². The molecule has 0 unspecified atom stereocenters. The van der Waals surface area contributed by atoms with Crippen molar-refractivity contribution in [1.82, 2.24) is 19.6 Å². The average molecular weight is 2060 g/mol. The normalized spacial score (nSPS) is 11.5. The van der Waals surface area contributed by atoms with Crippen molar-refractivity contribution < 1.29 is 38.2 Å². The highest BCUT2D eigenvalue weighted by molar-refractivity contribution is 6.35. The molecule has 150 heavy (non-hydrogen) atoms. The van der Waals surface area contributed by atoms with Crippen molar-refractivity contribution in [1.29, 1.82) is 0 Å². The fourth-order valence-corrected chi connectivity index (χ4v) is 19.0. The van der Waals surface area contributed by atoms with Crippen molar-refractivity contribution in [3.8, 4) is 79.1 Å². The van der Waals surface area contributed by atoms with Gasteiger partial charge in [-0.2, -0.15) is 30.7 Å². The van der Waals surface area contributed by atoms with E-state index in [2.05, 4.69) is 67.5 Å². The molecule has 0 aliphatic rings. The number of carbonyl (C=O) groups is 2. The Morgan fingerprint density at radius 2 is 0.607 bits per heavy atom. The predicted molar refractivity (Wildman–Crippen MR) is 604 cm³/mol. The first kappa shape index (κ1) is 101. The summed E-state index contributed by atoms with van der Waals surface area (Å²) in [6, 6.07) is 117. The topological polar surface area (TPSA) is 237 Å². The summed E-state index contributed by atoms with van der Waals surface area (Å²) in [6.07, 6.45) is 6.11. The van der Waals surface area contributed by atoms with E-state index in [1.165, 1.54) is 29.6 Å². The first-order chi connectivity index (χ1) is 73.2. The molecule has 0 aliphatic carbocycles. The van der Waals surface area contributed by atoms with E-state index in [1.807, 2.05) is 327 Å². The van der Waals surface area contributed by atoms with Crippen LogP contribution < -0.4 is 38.9 Å². The number of halogens is 4. The summed E-state index contributed by atoms with van der Waals surface area (Å²) in [7, 11) is 13.3. The van der Waals surface area contributed by atoms with E-state index in [0.717, 1.165) is 140 Å². The number of hydrogen-bond acceptors (Lipinski definition) is 20. The van der Waals surface area contributed by atoms with E-state index in [1.54, 1.807) is 62.7 Å². The molecule has 20 rings (SSSR count). The Balaban J connectivity index is 0.000000188. The molecule has 0 radical (unpaired) electrons. The maximum atomic E-state index is 14.1. The minimum Gasteiger partial charge on any atom is -0.494 e. The predicted octanol–water partition coefficient (Wildman–Crippen LogP) is 34.3. The van der Waals surface area contributed by atoms with E-state index in [4.69, 9.17) is 121 Å². The summed E-state index contributed by atoms with van der Waals surface area (Å²) >= 11 is 25.9. The highest BCUT2D eigenvalue weighted by Gasteiger charge is 2.29. The zero-order chi connectivity index (χ0) is 104. The van der Waals surface area contributed by atoms with Gasteiger partial charge in [0, 0.05) is 95.5 Å². The number of hydroxylamine groups is 2. The number of aromatic nitrogens is 4. The molecule has 0 fully saturated rings. The molecule has 2 aromatic heterocycles. The quantitative estimate of drug-likeness (QED) is 0.0283. The molecule has 0 N–H and O–H groups in total. The third-order valence-electron chi connectivity index (χ3n) is 25.7.